The van der Waals surface area contributed by atoms with Gasteiger partial charge in [0.05, 0.1) is 47.2 Å². The predicted molar refractivity (Wildman–Crippen MR) is 145 cm³/mol. The van der Waals surface area contributed by atoms with E-state index in [-0.39, 0.29) is 12.1 Å². The molecule has 3 aromatic heterocycles. The summed E-state index contributed by atoms with van der Waals surface area (Å²) < 4.78 is 3.89. The van der Waals surface area contributed by atoms with Gasteiger partial charge in [-0.25, -0.2) is 4.79 Å². The Kier molecular flexibility index (Phi) is 5.10. The Hall–Kier alpha value is -4.16. The Morgan fingerprint density at radius 3 is 2.82 bits per heavy atom. The highest BCUT2D eigenvalue weighted by molar-refractivity contribution is 6.31. The van der Waals surface area contributed by atoms with Crippen LogP contribution < -0.4 is 4.90 Å². The van der Waals surface area contributed by atoms with Gasteiger partial charge in [0, 0.05) is 36.4 Å². The van der Waals surface area contributed by atoms with Crippen LogP contribution in [0.15, 0.2) is 47.7 Å². The van der Waals surface area contributed by atoms with Crippen LogP contribution in [0.25, 0.3) is 22.3 Å². The Morgan fingerprint density at radius 2 is 2.05 bits per heavy atom. The summed E-state index contributed by atoms with van der Waals surface area (Å²) in [6, 6.07) is 11.7. The largest absolute Gasteiger partial charge is 0.348 e. The number of hydrogen-bond donors (Lipinski definition) is 0. The number of carbonyl (C=O) groups is 1. The lowest BCUT2D eigenvalue weighted by Crippen LogP contribution is -2.53. The maximum atomic E-state index is 13.7. The van der Waals surface area contributed by atoms with Crippen LogP contribution in [-0.4, -0.2) is 55.2 Å². The van der Waals surface area contributed by atoms with Gasteiger partial charge in [0.2, 0.25) is 0 Å². The molecule has 10 heteroatoms. The number of nitriles is 1. The van der Waals surface area contributed by atoms with Gasteiger partial charge in [0.15, 0.2) is 5.82 Å². The molecule has 0 spiro atoms. The second-order valence-electron chi connectivity index (χ2n) is 10.4. The summed E-state index contributed by atoms with van der Waals surface area (Å²) in [4.78, 5) is 26.7. The number of rotatable bonds is 5. The van der Waals surface area contributed by atoms with Crippen molar-refractivity contribution in [2.75, 3.05) is 18.0 Å². The minimum atomic E-state index is -0.0601. The van der Waals surface area contributed by atoms with Gasteiger partial charge in [-0.15, -0.1) is 0 Å². The molecule has 190 valence electrons. The van der Waals surface area contributed by atoms with Crippen LogP contribution >= 0.6 is 11.6 Å². The standard InChI is InChI=1S/C28H25ClN8O/c1-16-12-32-26-24-25(23-9-18(11-30)13-34(23)2)36(15-19-7-8-31-22-6-5-20(29)10-21(19)22)33-27(24)35(14-17-3-4-17)28(38)37(16)26/h5-10,13,16-17H,3-4,12,14-15H2,1-2H3/t16-/m1/s1. The zero-order valence-electron chi connectivity index (χ0n) is 21.1. The van der Waals surface area contributed by atoms with Gasteiger partial charge < -0.3 is 4.57 Å². The number of aliphatic imine (C=N–C) groups is 1. The summed E-state index contributed by atoms with van der Waals surface area (Å²) in [7, 11) is 1.92. The van der Waals surface area contributed by atoms with E-state index in [9.17, 15) is 10.1 Å². The molecule has 9 nitrogen and oxygen atoms in total. The van der Waals surface area contributed by atoms with Crippen molar-refractivity contribution in [2.24, 2.45) is 18.0 Å². The number of amidine groups is 1. The van der Waals surface area contributed by atoms with Gasteiger partial charge >= 0.3 is 6.03 Å². The Bertz CT molecular complexity index is 1710. The van der Waals surface area contributed by atoms with Gasteiger partial charge in [-0.1, -0.05) is 11.6 Å². The molecule has 2 amide bonds. The minimum Gasteiger partial charge on any atom is -0.348 e. The van der Waals surface area contributed by atoms with Crippen molar-refractivity contribution < 1.29 is 4.79 Å². The van der Waals surface area contributed by atoms with Crippen LogP contribution in [0.2, 0.25) is 5.02 Å². The second-order valence-corrected chi connectivity index (χ2v) is 10.8. The number of fused-ring (bicyclic) bond motifs is 4. The molecule has 0 radical (unpaired) electrons. The molecule has 5 heterocycles. The lowest BCUT2D eigenvalue weighted by molar-refractivity contribution is 0.220. The lowest BCUT2D eigenvalue weighted by atomic mass is 10.1. The summed E-state index contributed by atoms with van der Waals surface area (Å²) in [5.74, 6) is 1.79. The maximum absolute atomic E-state index is 13.7. The molecule has 1 aromatic carbocycles. The summed E-state index contributed by atoms with van der Waals surface area (Å²) >= 11 is 6.36. The number of halogens is 1. The monoisotopic (exact) mass is 524 g/mol. The summed E-state index contributed by atoms with van der Waals surface area (Å²) in [5, 5.41) is 16.3. The first-order chi connectivity index (χ1) is 18.4. The smallest absolute Gasteiger partial charge is 0.331 e. The highest BCUT2D eigenvalue weighted by Crippen LogP contribution is 2.42. The molecule has 4 aromatic rings. The third-order valence-electron chi connectivity index (χ3n) is 7.65. The highest BCUT2D eigenvalue weighted by atomic mass is 35.5. The average molecular weight is 525 g/mol. The Labute approximate surface area is 224 Å². The first kappa shape index (κ1) is 23.0. The molecule has 1 atom stereocenters. The third-order valence-corrected chi connectivity index (χ3v) is 7.89. The topological polar surface area (TPSA) is 95.3 Å². The van der Waals surface area contributed by atoms with E-state index in [1.54, 1.807) is 6.20 Å². The van der Waals surface area contributed by atoms with E-state index in [1.165, 1.54) is 0 Å². The molecule has 1 saturated carbocycles. The van der Waals surface area contributed by atoms with Gasteiger partial charge in [-0.2, -0.15) is 10.4 Å². The van der Waals surface area contributed by atoms with Crippen LogP contribution in [-0.2, 0) is 13.6 Å². The van der Waals surface area contributed by atoms with Gasteiger partial charge in [-0.3, -0.25) is 24.5 Å². The fourth-order valence-corrected chi connectivity index (χ4v) is 5.73. The van der Waals surface area contributed by atoms with E-state index in [2.05, 4.69) is 11.1 Å². The predicted octanol–water partition coefficient (Wildman–Crippen LogP) is 4.81. The second kappa shape index (κ2) is 8.43. The normalized spacial score (nSPS) is 18.5. The number of nitrogens with zero attached hydrogens (tertiary/aromatic N) is 8. The van der Waals surface area contributed by atoms with Gasteiger partial charge in [0.25, 0.3) is 0 Å². The first-order valence-electron chi connectivity index (χ1n) is 12.8. The molecule has 3 aliphatic rings. The van der Waals surface area contributed by atoms with Crippen molar-refractivity contribution >= 4 is 40.2 Å². The molecule has 0 N–H and O–H groups in total. The number of aromatic nitrogens is 4. The SMILES string of the molecule is C[C@@H]1CN=C2c3c(nn(Cc4ccnc5ccc(Cl)cc45)c3-c3cc(C#N)cn3C)N(CC3CC3)C(=O)N21. The number of urea groups is 1. The van der Waals surface area contributed by atoms with E-state index >= 15 is 0 Å². The van der Waals surface area contributed by atoms with Crippen molar-refractivity contribution in [1.29, 1.82) is 5.26 Å². The van der Waals surface area contributed by atoms with Crippen molar-refractivity contribution in [3.63, 3.8) is 0 Å². The zero-order chi connectivity index (χ0) is 26.1. The van der Waals surface area contributed by atoms with Crippen LogP contribution in [0.5, 0.6) is 0 Å². The number of aryl methyl sites for hydroxylation is 1. The molecule has 1 fully saturated rings. The number of benzene rings is 1. The number of hydrogen-bond acceptors (Lipinski definition) is 5. The van der Waals surface area contributed by atoms with Crippen LogP contribution in [0.3, 0.4) is 0 Å². The van der Waals surface area contributed by atoms with Crippen LogP contribution in [0, 0.1) is 17.2 Å². The molecule has 2 aliphatic heterocycles. The van der Waals surface area contributed by atoms with E-state index < -0.39 is 0 Å². The van der Waals surface area contributed by atoms with Crippen LogP contribution in [0.4, 0.5) is 10.6 Å². The van der Waals surface area contributed by atoms with E-state index in [0.717, 1.165) is 46.3 Å². The first-order valence-corrected chi connectivity index (χ1v) is 13.2. The fraction of sp³-hybridized carbons (Fsp3) is 0.321. The minimum absolute atomic E-state index is 0.0297. The highest BCUT2D eigenvalue weighted by Gasteiger charge is 2.46. The third kappa shape index (κ3) is 3.51. The van der Waals surface area contributed by atoms with Crippen molar-refractivity contribution in [3.05, 3.63) is 64.4 Å². The molecule has 1 aliphatic carbocycles. The summed E-state index contributed by atoms with van der Waals surface area (Å²) in [6.07, 6.45) is 5.85. The molecule has 0 unspecified atom stereocenters. The van der Waals surface area contributed by atoms with Crippen molar-refractivity contribution in [3.8, 4) is 17.5 Å². The quantitative estimate of drug-likeness (QED) is 0.374. The summed E-state index contributed by atoms with van der Waals surface area (Å²) in [5.41, 5.74) is 4.94. The zero-order valence-corrected chi connectivity index (χ0v) is 21.9. The number of amides is 2. The van der Waals surface area contributed by atoms with Crippen LogP contribution in [0.1, 0.15) is 36.5 Å². The van der Waals surface area contributed by atoms with Gasteiger partial charge in [0.1, 0.15) is 11.9 Å². The average Bonchev–Trinajstić information content (AvgIpc) is 3.37. The molecular formula is C28H25ClN8O. The fourth-order valence-electron chi connectivity index (χ4n) is 5.56. The molecule has 38 heavy (non-hydrogen) atoms. The number of pyridine rings is 1. The van der Waals surface area contributed by atoms with E-state index in [4.69, 9.17) is 21.7 Å². The Balaban J connectivity index is 1.47. The molecule has 0 saturated heterocycles. The molecule has 0 bridgehead atoms. The van der Waals surface area contributed by atoms with Crippen molar-refractivity contribution in [1.82, 2.24) is 24.2 Å². The molecule has 7 rings (SSSR count). The molecular weight excluding hydrogens is 500 g/mol. The van der Waals surface area contributed by atoms with E-state index in [0.29, 0.717) is 47.8 Å². The number of anilines is 1. The lowest BCUT2D eigenvalue weighted by Gasteiger charge is -2.35. The summed E-state index contributed by atoms with van der Waals surface area (Å²) in [6.45, 7) is 3.65. The maximum Gasteiger partial charge on any atom is 0.331 e. The Morgan fingerprint density at radius 1 is 1.21 bits per heavy atom. The van der Waals surface area contributed by atoms with E-state index in [1.807, 2.05) is 69.5 Å². The van der Waals surface area contributed by atoms with Gasteiger partial charge in [-0.05, 0) is 61.6 Å². The van der Waals surface area contributed by atoms with Crippen molar-refractivity contribution in [2.45, 2.75) is 32.4 Å². The number of carbonyl (C=O) groups excluding carboxylic acids is 1.